The lowest BCUT2D eigenvalue weighted by Crippen LogP contribution is -2.54. The summed E-state index contributed by atoms with van der Waals surface area (Å²) in [6, 6.07) is 16.1. The maximum absolute atomic E-state index is 14.0. The summed E-state index contributed by atoms with van der Waals surface area (Å²) in [5, 5.41) is 3.05. The molecular formula is C27H24BrIN2O3. The predicted molar refractivity (Wildman–Crippen MR) is 145 cm³/mol. The number of carbonyl (C=O) groups is 3. The van der Waals surface area contributed by atoms with Crippen LogP contribution in [0.3, 0.4) is 0 Å². The molecule has 1 spiro atoms. The van der Waals surface area contributed by atoms with E-state index in [-0.39, 0.29) is 17.6 Å². The number of benzene rings is 2. The van der Waals surface area contributed by atoms with Crippen LogP contribution >= 0.6 is 38.5 Å². The van der Waals surface area contributed by atoms with E-state index in [1.54, 1.807) is 17.1 Å². The number of amides is 2. The van der Waals surface area contributed by atoms with Gasteiger partial charge in [0.25, 0.3) is 5.91 Å². The molecule has 1 heterocycles. The van der Waals surface area contributed by atoms with Gasteiger partial charge in [-0.3, -0.25) is 14.4 Å². The summed E-state index contributed by atoms with van der Waals surface area (Å²) in [6.45, 7) is 5.71. The van der Waals surface area contributed by atoms with E-state index in [9.17, 15) is 14.4 Å². The minimum atomic E-state index is -1.10. The van der Waals surface area contributed by atoms with Crippen LogP contribution in [-0.2, 0) is 14.4 Å². The summed E-state index contributed by atoms with van der Waals surface area (Å²) in [5.74, 6) is -0.735. The van der Waals surface area contributed by atoms with Crippen LogP contribution in [0, 0.1) is 0 Å². The SMILES string of the molecule is CC(C)(C)NC(=O)C(c1ccccc1Br)N1C(=O)C(I)=C(c2ccccc2)C12C=CC(=O)C=C2. The summed E-state index contributed by atoms with van der Waals surface area (Å²) in [5.41, 5.74) is 0.656. The highest BCUT2D eigenvalue weighted by molar-refractivity contribution is 14.1. The van der Waals surface area contributed by atoms with Crippen LogP contribution in [0.2, 0.25) is 0 Å². The molecule has 0 saturated heterocycles. The van der Waals surface area contributed by atoms with E-state index in [0.717, 1.165) is 15.6 Å². The van der Waals surface area contributed by atoms with Crippen molar-refractivity contribution in [2.24, 2.45) is 0 Å². The van der Waals surface area contributed by atoms with Crippen LogP contribution in [0.25, 0.3) is 5.57 Å². The van der Waals surface area contributed by atoms with Crippen molar-refractivity contribution in [3.8, 4) is 0 Å². The van der Waals surface area contributed by atoms with E-state index in [2.05, 4.69) is 43.8 Å². The number of nitrogens with zero attached hydrogens (tertiary/aromatic N) is 1. The van der Waals surface area contributed by atoms with Crippen LogP contribution in [-0.4, -0.2) is 33.6 Å². The highest BCUT2D eigenvalue weighted by atomic mass is 127. The Hall–Kier alpha value is -2.52. The lowest BCUT2D eigenvalue weighted by Gasteiger charge is -2.42. The third-order valence-electron chi connectivity index (χ3n) is 5.70. The van der Waals surface area contributed by atoms with Gasteiger partial charge in [-0.15, -0.1) is 0 Å². The van der Waals surface area contributed by atoms with Crippen molar-refractivity contribution >= 4 is 61.7 Å². The zero-order chi connectivity index (χ0) is 24.7. The maximum atomic E-state index is 14.0. The van der Waals surface area contributed by atoms with Gasteiger partial charge < -0.3 is 10.2 Å². The normalized spacial score (nSPS) is 18.1. The van der Waals surface area contributed by atoms with Crippen molar-refractivity contribution < 1.29 is 14.4 Å². The number of rotatable bonds is 4. The van der Waals surface area contributed by atoms with Gasteiger partial charge in [0.15, 0.2) is 5.78 Å². The zero-order valence-corrected chi connectivity index (χ0v) is 22.8. The van der Waals surface area contributed by atoms with Crippen LogP contribution < -0.4 is 5.32 Å². The molecule has 2 aromatic rings. The lowest BCUT2D eigenvalue weighted by atomic mass is 9.81. The predicted octanol–water partition coefficient (Wildman–Crippen LogP) is 5.53. The molecule has 0 radical (unpaired) electrons. The minimum Gasteiger partial charge on any atom is -0.349 e. The molecule has 174 valence electrons. The van der Waals surface area contributed by atoms with Crippen molar-refractivity contribution in [1.29, 1.82) is 0 Å². The van der Waals surface area contributed by atoms with E-state index >= 15 is 0 Å². The quantitative estimate of drug-likeness (QED) is 0.452. The fourth-order valence-electron chi connectivity index (χ4n) is 4.36. The van der Waals surface area contributed by atoms with E-state index in [4.69, 9.17) is 0 Å². The first-order chi connectivity index (χ1) is 16.0. The largest absolute Gasteiger partial charge is 0.349 e. The van der Waals surface area contributed by atoms with Crippen LogP contribution in [0.4, 0.5) is 0 Å². The van der Waals surface area contributed by atoms with Gasteiger partial charge in [-0.25, -0.2) is 0 Å². The molecule has 1 aliphatic carbocycles. The second-order valence-electron chi connectivity index (χ2n) is 9.29. The number of ketones is 1. The first-order valence-corrected chi connectivity index (χ1v) is 12.7. The van der Waals surface area contributed by atoms with E-state index in [0.29, 0.717) is 9.14 Å². The molecule has 2 aromatic carbocycles. The maximum Gasteiger partial charge on any atom is 0.262 e. The number of allylic oxidation sites excluding steroid dienone is 2. The Labute approximate surface area is 221 Å². The Kier molecular flexibility index (Phi) is 6.70. The Balaban J connectivity index is 1.97. The van der Waals surface area contributed by atoms with Crippen LogP contribution in [0.5, 0.6) is 0 Å². The monoisotopic (exact) mass is 630 g/mol. The van der Waals surface area contributed by atoms with Crippen LogP contribution in [0.1, 0.15) is 37.9 Å². The third-order valence-corrected chi connectivity index (χ3v) is 7.42. The second-order valence-corrected chi connectivity index (χ2v) is 11.2. The lowest BCUT2D eigenvalue weighted by molar-refractivity contribution is -0.139. The van der Waals surface area contributed by atoms with Crippen LogP contribution in [0.15, 0.2) is 87.0 Å². The Morgan fingerprint density at radius 2 is 1.59 bits per heavy atom. The van der Waals surface area contributed by atoms with Crippen molar-refractivity contribution in [3.05, 3.63) is 98.1 Å². The van der Waals surface area contributed by atoms with Gasteiger partial charge in [0.05, 0.1) is 3.58 Å². The van der Waals surface area contributed by atoms with Gasteiger partial charge in [0, 0.05) is 15.6 Å². The highest BCUT2D eigenvalue weighted by Crippen LogP contribution is 2.51. The summed E-state index contributed by atoms with van der Waals surface area (Å²) < 4.78 is 1.23. The summed E-state index contributed by atoms with van der Waals surface area (Å²) in [7, 11) is 0. The number of carbonyl (C=O) groups excluding carboxylic acids is 3. The van der Waals surface area contributed by atoms with E-state index in [1.807, 2.05) is 75.4 Å². The first kappa shape index (κ1) is 24.6. The van der Waals surface area contributed by atoms with Crippen molar-refractivity contribution in [1.82, 2.24) is 10.2 Å². The molecule has 4 rings (SSSR count). The minimum absolute atomic E-state index is 0.163. The molecule has 34 heavy (non-hydrogen) atoms. The molecular weight excluding hydrogens is 607 g/mol. The Bertz CT molecular complexity index is 1240. The molecule has 0 fully saturated rings. The smallest absolute Gasteiger partial charge is 0.262 e. The molecule has 1 atom stereocenters. The first-order valence-electron chi connectivity index (χ1n) is 10.8. The van der Waals surface area contributed by atoms with Crippen molar-refractivity contribution in [2.45, 2.75) is 37.9 Å². The van der Waals surface area contributed by atoms with Gasteiger partial charge in [-0.1, -0.05) is 64.5 Å². The fraction of sp³-hybridized carbons (Fsp3) is 0.222. The molecule has 0 bridgehead atoms. The van der Waals surface area contributed by atoms with Gasteiger partial charge in [-0.05, 0) is 84.9 Å². The second kappa shape index (κ2) is 9.26. The number of nitrogens with one attached hydrogen (secondary N) is 1. The van der Waals surface area contributed by atoms with E-state index < -0.39 is 17.1 Å². The molecule has 1 unspecified atom stereocenters. The van der Waals surface area contributed by atoms with Gasteiger partial charge >= 0.3 is 0 Å². The average molecular weight is 631 g/mol. The van der Waals surface area contributed by atoms with Gasteiger partial charge in [0.2, 0.25) is 5.91 Å². The molecule has 0 aromatic heterocycles. The summed E-state index contributed by atoms with van der Waals surface area (Å²) in [4.78, 5) is 41.5. The molecule has 2 aliphatic rings. The zero-order valence-electron chi connectivity index (χ0n) is 19.0. The van der Waals surface area contributed by atoms with Crippen molar-refractivity contribution in [3.63, 3.8) is 0 Å². The summed E-state index contributed by atoms with van der Waals surface area (Å²) >= 11 is 5.65. The number of hydrogen-bond donors (Lipinski definition) is 1. The average Bonchev–Trinajstić information content (AvgIpc) is 2.98. The Morgan fingerprint density at radius 3 is 2.18 bits per heavy atom. The number of hydrogen-bond acceptors (Lipinski definition) is 3. The topological polar surface area (TPSA) is 66.5 Å². The molecule has 1 N–H and O–H groups in total. The van der Waals surface area contributed by atoms with E-state index in [1.165, 1.54) is 12.2 Å². The molecule has 1 aliphatic heterocycles. The summed E-state index contributed by atoms with van der Waals surface area (Å²) in [6.07, 6.45) is 6.40. The molecule has 5 nitrogen and oxygen atoms in total. The van der Waals surface area contributed by atoms with Crippen molar-refractivity contribution in [2.75, 3.05) is 0 Å². The van der Waals surface area contributed by atoms with Gasteiger partial charge in [-0.2, -0.15) is 0 Å². The fourth-order valence-corrected chi connectivity index (χ4v) is 5.86. The third kappa shape index (κ3) is 4.43. The molecule has 0 saturated carbocycles. The number of halogens is 2. The molecule has 2 amide bonds. The molecule has 7 heteroatoms. The highest BCUT2D eigenvalue weighted by Gasteiger charge is 2.54. The van der Waals surface area contributed by atoms with Gasteiger partial charge in [0.1, 0.15) is 11.6 Å². The standard InChI is InChI=1S/C27H24BrIN2O3/c1-26(2,3)30-24(33)23(19-11-7-8-12-20(19)28)31-25(34)22(29)21(17-9-5-4-6-10-17)27(31)15-13-18(32)14-16-27/h4-16,23H,1-3H3,(H,30,33). The Morgan fingerprint density at radius 1 is 1.00 bits per heavy atom.